The van der Waals surface area contributed by atoms with Crippen molar-refractivity contribution in [3.63, 3.8) is 0 Å². The topological polar surface area (TPSA) is 74.6 Å². The van der Waals surface area contributed by atoms with Crippen LogP contribution in [0.25, 0.3) is 0 Å². The summed E-state index contributed by atoms with van der Waals surface area (Å²) in [5, 5.41) is 18.5. The molecule has 0 aromatic rings. The summed E-state index contributed by atoms with van der Waals surface area (Å²) >= 11 is 1.11. The smallest absolute Gasteiger partial charge is 0.319 e. The summed E-state index contributed by atoms with van der Waals surface area (Å²) < 4.78 is -1.04. The lowest BCUT2D eigenvalue weighted by Gasteiger charge is -2.35. The molecule has 0 aromatic carbocycles. The van der Waals surface area contributed by atoms with Gasteiger partial charge in [0.2, 0.25) is 0 Å². The van der Waals surface area contributed by atoms with Crippen LogP contribution in [0.1, 0.15) is 124 Å². The van der Waals surface area contributed by atoms with Crippen LogP contribution in [0.15, 0.2) is 0 Å². The Kier molecular flexibility index (Phi) is 16.6. The summed E-state index contributed by atoms with van der Waals surface area (Å²) in [5.74, 6) is -1.79. The second-order valence-electron chi connectivity index (χ2n) is 8.67. The Balaban J connectivity index is 4.54. The molecule has 0 amide bonds. The minimum Gasteiger partial charge on any atom is -0.480 e. The molecular formula is C24H46O4S. The summed E-state index contributed by atoms with van der Waals surface area (Å²) in [6.07, 6.45) is 17.6. The van der Waals surface area contributed by atoms with Gasteiger partial charge in [0.1, 0.15) is 10.00 Å². The Morgan fingerprint density at radius 3 is 1.55 bits per heavy atom. The van der Waals surface area contributed by atoms with Crippen LogP contribution in [-0.2, 0) is 9.59 Å². The molecule has 0 bridgehead atoms. The highest BCUT2D eigenvalue weighted by Gasteiger charge is 2.43. The molecule has 0 aromatic heterocycles. The van der Waals surface area contributed by atoms with Crippen LogP contribution in [0, 0.1) is 5.92 Å². The third kappa shape index (κ3) is 12.6. The summed E-state index contributed by atoms with van der Waals surface area (Å²) in [4.78, 5) is 23.4. The van der Waals surface area contributed by atoms with Gasteiger partial charge < -0.3 is 10.2 Å². The molecule has 0 aliphatic heterocycles. The van der Waals surface area contributed by atoms with Gasteiger partial charge >= 0.3 is 11.9 Å². The van der Waals surface area contributed by atoms with Gasteiger partial charge in [-0.2, -0.15) is 0 Å². The van der Waals surface area contributed by atoms with E-state index in [-0.39, 0.29) is 5.92 Å². The van der Waals surface area contributed by atoms with Crippen molar-refractivity contribution in [3.8, 4) is 0 Å². The Labute approximate surface area is 183 Å². The standard InChI is InChI=1S/C24H46O4S/c1-5-7-9-10-11-12-13-14-15-17-19-21(18-16-8-6-2)24(4,23(27)28)29-20(3)22(25)26/h20-21H,5-19H2,1-4H3,(H,25,26)(H,27,28). The third-order valence-electron chi connectivity index (χ3n) is 6.04. The lowest BCUT2D eigenvalue weighted by Crippen LogP contribution is -2.42. The average molecular weight is 431 g/mol. The van der Waals surface area contributed by atoms with Crippen molar-refractivity contribution in [1.82, 2.24) is 0 Å². The van der Waals surface area contributed by atoms with Crippen molar-refractivity contribution in [2.75, 3.05) is 0 Å². The Hall–Kier alpha value is -0.710. The maximum atomic E-state index is 12.1. The van der Waals surface area contributed by atoms with E-state index in [1.54, 1.807) is 13.8 Å². The first kappa shape index (κ1) is 28.3. The number of carboxylic acids is 2. The van der Waals surface area contributed by atoms with Gasteiger partial charge in [-0.05, 0) is 32.6 Å². The maximum Gasteiger partial charge on any atom is 0.319 e. The lowest BCUT2D eigenvalue weighted by molar-refractivity contribution is -0.141. The second-order valence-corrected chi connectivity index (χ2v) is 10.5. The molecule has 0 saturated heterocycles. The highest BCUT2D eigenvalue weighted by molar-refractivity contribution is 8.02. The van der Waals surface area contributed by atoms with E-state index in [0.29, 0.717) is 0 Å². The van der Waals surface area contributed by atoms with Gasteiger partial charge in [0.05, 0.1) is 0 Å². The molecule has 29 heavy (non-hydrogen) atoms. The molecule has 4 nitrogen and oxygen atoms in total. The highest BCUT2D eigenvalue weighted by atomic mass is 32.2. The molecule has 0 heterocycles. The molecule has 3 unspecified atom stereocenters. The van der Waals surface area contributed by atoms with Crippen LogP contribution in [-0.4, -0.2) is 32.1 Å². The zero-order valence-electron chi connectivity index (χ0n) is 19.4. The maximum absolute atomic E-state index is 12.1. The van der Waals surface area contributed by atoms with Gasteiger partial charge in [-0.15, -0.1) is 11.8 Å². The van der Waals surface area contributed by atoms with Crippen LogP contribution in [0.3, 0.4) is 0 Å². The van der Waals surface area contributed by atoms with Crippen LogP contribution in [0.2, 0.25) is 0 Å². The Bertz CT molecular complexity index is 441. The number of rotatable bonds is 20. The SMILES string of the molecule is CCCCCCCCCCCCC(CCCCC)C(C)(SC(C)C(=O)O)C(=O)O. The van der Waals surface area contributed by atoms with E-state index in [2.05, 4.69) is 13.8 Å². The fraction of sp³-hybridized carbons (Fsp3) is 0.917. The van der Waals surface area contributed by atoms with Gasteiger partial charge in [-0.1, -0.05) is 97.3 Å². The molecule has 2 N–H and O–H groups in total. The van der Waals surface area contributed by atoms with Gasteiger partial charge in [0.15, 0.2) is 0 Å². The van der Waals surface area contributed by atoms with Gasteiger partial charge in [-0.3, -0.25) is 9.59 Å². The van der Waals surface area contributed by atoms with Crippen molar-refractivity contribution in [2.45, 2.75) is 134 Å². The van der Waals surface area contributed by atoms with E-state index in [4.69, 9.17) is 0 Å². The first-order valence-corrected chi connectivity index (χ1v) is 12.8. The van der Waals surface area contributed by atoms with E-state index < -0.39 is 21.9 Å². The number of aliphatic carboxylic acids is 2. The Morgan fingerprint density at radius 1 is 0.759 bits per heavy atom. The summed E-state index contributed by atoms with van der Waals surface area (Å²) in [7, 11) is 0. The molecule has 0 aliphatic rings. The lowest BCUT2D eigenvalue weighted by atomic mass is 9.83. The summed E-state index contributed by atoms with van der Waals surface area (Å²) in [6, 6.07) is 0. The number of thioether (sulfide) groups is 1. The Morgan fingerprint density at radius 2 is 1.14 bits per heavy atom. The van der Waals surface area contributed by atoms with Gasteiger partial charge in [0, 0.05) is 0 Å². The van der Waals surface area contributed by atoms with Gasteiger partial charge in [0.25, 0.3) is 0 Å². The number of hydrogen-bond acceptors (Lipinski definition) is 3. The summed E-state index contributed by atoms with van der Waals surface area (Å²) in [5.41, 5.74) is 0. The molecule has 172 valence electrons. The molecule has 0 rings (SSSR count). The molecule has 0 spiro atoms. The quantitative estimate of drug-likeness (QED) is 0.195. The van der Waals surface area contributed by atoms with E-state index in [1.165, 1.54) is 51.4 Å². The normalized spacial score (nSPS) is 15.6. The molecule has 5 heteroatoms. The second kappa shape index (κ2) is 17.0. The zero-order valence-corrected chi connectivity index (χ0v) is 20.2. The van der Waals surface area contributed by atoms with Crippen molar-refractivity contribution in [1.29, 1.82) is 0 Å². The van der Waals surface area contributed by atoms with Crippen molar-refractivity contribution < 1.29 is 19.8 Å². The van der Waals surface area contributed by atoms with Crippen molar-refractivity contribution in [3.05, 3.63) is 0 Å². The van der Waals surface area contributed by atoms with E-state index in [1.807, 2.05) is 0 Å². The fourth-order valence-electron chi connectivity index (χ4n) is 3.95. The minimum atomic E-state index is -1.04. The predicted octanol–water partition coefficient (Wildman–Crippen LogP) is 7.54. The van der Waals surface area contributed by atoms with Crippen molar-refractivity contribution >= 4 is 23.7 Å². The molecule has 0 saturated carbocycles. The zero-order chi connectivity index (χ0) is 22.1. The number of unbranched alkanes of at least 4 members (excludes halogenated alkanes) is 11. The number of carboxylic acid groups (broad SMARTS) is 2. The fourth-order valence-corrected chi connectivity index (χ4v) is 5.32. The largest absolute Gasteiger partial charge is 0.480 e. The first-order chi connectivity index (χ1) is 13.8. The molecule has 0 aliphatic carbocycles. The highest BCUT2D eigenvalue weighted by Crippen LogP contribution is 2.41. The number of carbonyl (C=O) groups is 2. The van der Waals surface area contributed by atoms with Crippen LogP contribution in [0.4, 0.5) is 0 Å². The minimum absolute atomic E-state index is 0.0207. The number of hydrogen-bond donors (Lipinski definition) is 2. The molecular weight excluding hydrogens is 384 g/mol. The van der Waals surface area contributed by atoms with E-state index in [0.717, 1.165) is 56.7 Å². The monoisotopic (exact) mass is 430 g/mol. The van der Waals surface area contributed by atoms with E-state index >= 15 is 0 Å². The van der Waals surface area contributed by atoms with Gasteiger partial charge in [-0.25, -0.2) is 0 Å². The van der Waals surface area contributed by atoms with Crippen LogP contribution >= 0.6 is 11.8 Å². The molecule has 0 fully saturated rings. The molecule has 3 atom stereocenters. The average Bonchev–Trinajstić information content (AvgIpc) is 2.67. The summed E-state index contributed by atoms with van der Waals surface area (Å²) in [6.45, 7) is 7.73. The van der Waals surface area contributed by atoms with E-state index in [9.17, 15) is 19.8 Å². The van der Waals surface area contributed by atoms with Crippen molar-refractivity contribution in [2.24, 2.45) is 5.92 Å². The first-order valence-electron chi connectivity index (χ1n) is 11.9. The molecule has 0 radical (unpaired) electrons. The van der Waals surface area contributed by atoms with Crippen LogP contribution < -0.4 is 0 Å². The third-order valence-corrected chi connectivity index (χ3v) is 7.59. The predicted molar refractivity (Wildman–Crippen MR) is 125 cm³/mol. The van der Waals surface area contributed by atoms with Crippen LogP contribution in [0.5, 0.6) is 0 Å².